The zero-order valence-corrected chi connectivity index (χ0v) is 15.7. The van der Waals surface area contributed by atoms with E-state index in [0.717, 1.165) is 11.1 Å². The molecule has 0 bridgehead atoms. The number of hydrogen-bond donors (Lipinski definition) is 2. The third-order valence-electron chi connectivity index (χ3n) is 5.77. The fourth-order valence-corrected chi connectivity index (χ4v) is 4.35. The number of carboxylic acid groups (broad SMARTS) is 1. The van der Waals surface area contributed by atoms with E-state index in [4.69, 9.17) is 5.73 Å². The van der Waals surface area contributed by atoms with E-state index in [2.05, 4.69) is 6.58 Å². The molecule has 1 aromatic carbocycles. The molecule has 1 aliphatic heterocycles. The Morgan fingerprint density at radius 1 is 1.52 bits per heavy atom. The standard InChI is InChI=1S/C20H29FN2O2/c1-6-9-20(22)10-11-23(18(24)25,19(3,4)5)17(13-20)16-8-7-15(21)12-14(16)2/h6-8,12,17H,1,9-11,13,22H2,2-5H3/p+1/t17-,20+,23?/m1/s1. The number of piperidine rings is 1. The van der Waals surface area contributed by atoms with Gasteiger partial charge in [-0.15, -0.1) is 6.58 Å². The minimum Gasteiger partial charge on any atom is -0.435 e. The van der Waals surface area contributed by atoms with Gasteiger partial charge in [-0.2, -0.15) is 4.79 Å². The molecule has 138 valence electrons. The zero-order valence-electron chi connectivity index (χ0n) is 15.7. The molecule has 1 aromatic rings. The average molecular weight is 349 g/mol. The molecule has 5 heteroatoms. The van der Waals surface area contributed by atoms with E-state index in [9.17, 15) is 14.3 Å². The van der Waals surface area contributed by atoms with Gasteiger partial charge in [0, 0.05) is 23.9 Å². The fraction of sp³-hybridized carbons (Fsp3) is 0.550. The van der Waals surface area contributed by atoms with Crippen LogP contribution in [0, 0.1) is 12.7 Å². The number of benzene rings is 1. The van der Waals surface area contributed by atoms with E-state index in [-0.39, 0.29) is 16.3 Å². The van der Waals surface area contributed by atoms with Crippen molar-refractivity contribution in [1.82, 2.24) is 0 Å². The molecule has 1 fully saturated rings. The first-order valence-electron chi connectivity index (χ1n) is 8.74. The second-order valence-corrected chi connectivity index (χ2v) is 8.37. The van der Waals surface area contributed by atoms with Crippen LogP contribution >= 0.6 is 0 Å². The summed E-state index contributed by atoms with van der Waals surface area (Å²) in [6.45, 7) is 11.9. The Kier molecular flexibility index (Phi) is 5.13. The topological polar surface area (TPSA) is 63.3 Å². The van der Waals surface area contributed by atoms with Crippen LogP contribution in [0.3, 0.4) is 0 Å². The number of nitrogens with zero attached hydrogens (tertiary/aromatic N) is 1. The number of carbonyl (C=O) groups is 1. The molecule has 0 saturated carbocycles. The molecule has 3 N–H and O–H groups in total. The molecule has 1 heterocycles. The molecular weight excluding hydrogens is 319 g/mol. The Labute approximate surface area is 149 Å². The molecule has 1 aliphatic rings. The number of quaternary nitrogens is 1. The van der Waals surface area contributed by atoms with Crippen molar-refractivity contribution in [3.8, 4) is 0 Å². The van der Waals surface area contributed by atoms with Crippen molar-refractivity contribution in [2.45, 2.75) is 64.1 Å². The van der Waals surface area contributed by atoms with Crippen LogP contribution in [0.1, 0.15) is 57.2 Å². The Balaban J connectivity index is 2.66. The van der Waals surface area contributed by atoms with E-state index in [0.29, 0.717) is 25.8 Å². The summed E-state index contributed by atoms with van der Waals surface area (Å²) in [6.07, 6.45) is 2.70. The van der Waals surface area contributed by atoms with Crippen LogP contribution in [0.5, 0.6) is 0 Å². The first kappa shape index (κ1) is 19.6. The van der Waals surface area contributed by atoms with Gasteiger partial charge >= 0.3 is 6.09 Å². The molecule has 0 aliphatic carbocycles. The lowest BCUT2D eigenvalue weighted by atomic mass is 9.75. The van der Waals surface area contributed by atoms with Gasteiger partial charge in [0.25, 0.3) is 0 Å². The van der Waals surface area contributed by atoms with Gasteiger partial charge in [-0.05, 0) is 57.9 Å². The van der Waals surface area contributed by atoms with Crippen molar-refractivity contribution < 1.29 is 18.8 Å². The summed E-state index contributed by atoms with van der Waals surface area (Å²) in [7, 11) is 0. The van der Waals surface area contributed by atoms with Crippen LogP contribution in [-0.2, 0) is 0 Å². The van der Waals surface area contributed by atoms with E-state index < -0.39 is 17.2 Å². The predicted molar refractivity (Wildman–Crippen MR) is 97.7 cm³/mol. The summed E-state index contributed by atoms with van der Waals surface area (Å²) in [5.74, 6) is -0.314. The molecular formula is C20H30FN2O2+. The minimum atomic E-state index is -0.859. The molecule has 3 atom stereocenters. The number of nitrogens with two attached hydrogens (primary N) is 1. The van der Waals surface area contributed by atoms with Crippen molar-refractivity contribution in [3.05, 3.63) is 47.8 Å². The zero-order chi connectivity index (χ0) is 19.0. The van der Waals surface area contributed by atoms with Crippen LogP contribution in [0.4, 0.5) is 9.18 Å². The van der Waals surface area contributed by atoms with Crippen LogP contribution in [0.15, 0.2) is 30.9 Å². The molecule has 1 amide bonds. The van der Waals surface area contributed by atoms with Gasteiger partial charge in [-0.3, -0.25) is 0 Å². The van der Waals surface area contributed by atoms with Gasteiger partial charge in [0.1, 0.15) is 17.4 Å². The lowest BCUT2D eigenvalue weighted by molar-refractivity contribution is -0.938. The molecule has 1 unspecified atom stereocenters. The van der Waals surface area contributed by atoms with Crippen molar-refractivity contribution in [2.24, 2.45) is 5.73 Å². The van der Waals surface area contributed by atoms with Crippen molar-refractivity contribution >= 4 is 6.09 Å². The van der Waals surface area contributed by atoms with E-state index in [1.165, 1.54) is 12.1 Å². The summed E-state index contributed by atoms with van der Waals surface area (Å²) in [4.78, 5) is 12.5. The first-order chi connectivity index (χ1) is 11.5. The summed E-state index contributed by atoms with van der Waals surface area (Å²) >= 11 is 0. The maximum absolute atomic E-state index is 13.6. The lowest BCUT2D eigenvalue weighted by Crippen LogP contribution is -2.70. The van der Waals surface area contributed by atoms with Crippen LogP contribution in [0.2, 0.25) is 0 Å². The molecule has 0 aromatic heterocycles. The Hall–Kier alpha value is -1.72. The summed E-state index contributed by atoms with van der Waals surface area (Å²) in [5, 5.41) is 10.2. The van der Waals surface area contributed by atoms with Gasteiger partial charge in [-0.1, -0.05) is 6.08 Å². The van der Waals surface area contributed by atoms with Gasteiger partial charge < -0.3 is 10.8 Å². The third kappa shape index (κ3) is 3.35. The van der Waals surface area contributed by atoms with Gasteiger partial charge in [0.2, 0.25) is 0 Å². The number of likely N-dealkylation sites (tertiary alicyclic amines) is 1. The second-order valence-electron chi connectivity index (χ2n) is 8.37. The predicted octanol–water partition coefficient (Wildman–Crippen LogP) is 4.54. The maximum Gasteiger partial charge on any atom is 0.514 e. The SMILES string of the molecule is C=CC[C@]1(N)CC[N+](C(=O)O)(C(C)(C)C)[C@@H](c2ccc(F)cc2C)C1. The lowest BCUT2D eigenvalue weighted by Gasteiger charge is -2.55. The first-order valence-corrected chi connectivity index (χ1v) is 8.74. The highest BCUT2D eigenvalue weighted by molar-refractivity contribution is 5.58. The highest BCUT2D eigenvalue weighted by Gasteiger charge is 2.59. The smallest absolute Gasteiger partial charge is 0.435 e. The Morgan fingerprint density at radius 2 is 2.16 bits per heavy atom. The number of amides is 1. The second kappa shape index (κ2) is 6.54. The Morgan fingerprint density at radius 3 is 2.64 bits per heavy atom. The summed E-state index contributed by atoms with van der Waals surface area (Å²) in [5.41, 5.74) is 7.21. The van der Waals surface area contributed by atoms with Gasteiger partial charge in [-0.25, -0.2) is 8.87 Å². The number of aryl methyl sites for hydroxylation is 1. The molecule has 0 spiro atoms. The number of hydrogen-bond acceptors (Lipinski definition) is 2. The van der Waals surface area contributed by atoms with Gasteiger partial charge in [0.05, 0.1) is 6.54 Å². The fourth-order valence-electron chi connectivity index (χ4n) is 4.35. The van der Waals surface area contributed by atoms with Gasteiger partial charge in [0.15, 0.2) is 0 Å². The van der Waals surface area contributed by atoms with Crippen molar-refractivity contribution in [1.29, 1.82) is 0 Å². The highest BCUT2D eigenvalue weighted by atomic mass is 19.1. The van der Waals surface area contributed by atoms with Crippen molar-refractivity contribution in [3.63, 3.8) is 0 Å². The summed E-state index contributed by atoms with van der Waals surface area (Å²) in [6, 6.07) is 4.25. The van der Waals surface area contributed by atoms with E-state index in [1.54, 1.807) is 12.1 Å². The third-order valence-corrected chi connectivity index (χ3v) is 5.77. The van der Waals surface area contributed by atoms with Crippen molar-refractivity contribution in [2.75, 3.05) is 6.54 Å². The maximum atomic E-state index is 13.6. The minimum absolute atomic E-state index is 0.102. The average Bonchev–Trinajstić information content (AvgIpc) is 2.45. The summed E-state index contributed by atoms with van der Waals surface area (Å²) < 4.78 is 13.5. The molecule has 1 saturated heterocycles. The van der Waals surface area contributed by atoms with E-state index >= 15 is 0 Å². The number of halogens is 1. The van der Waals surface area contributed by atoms with Crippen LogP contribution in [0.25, 0.3) is 0 Å². The largest absolute Gasteiger partial charge is 0.514 e. The molecule has 0 radical (unpaired) electrons. The monoisotopic (exact) mass is 349 g/mol. The van der Waals surface area contributed by atoms with Crippen LogP contribution < -0.4 is 5.73 Å². The highest BCUT2D eigenvalue weighted by Crippen LogP contribution is 2.48. The number of rotatable bonds is 3. The normalized spacial score (nSPS) is 30.1. The Bertz CT molecular complexity index is 683. The van der Waals surface area contributed by atoms with E-state index in [1.807, 2.05) is 27.7 Å². The molecule has 2 rings (SSSR count). The quantitative estimate of drug-likeness (QED) is 0.622. The molecule has 25 heavy (non-hydrogen) atoms. The van der Waals surface area contributed by atoms with Crippen LogP contribution in [-0.4, -0.2) is 33.3 Å². The molecule has 4 nitrogen and oxygen atoms in total.